The zero-order valence-corrected chi connectivity index (χ0v) is 21.1. The molecule has 0 unspecified atom stereocenters. The summed E-state index contributed by atoms with van der Waals surface area (Å²) in [7, 11) is 0. The first-order chi connectivity index (χ1) is 16.7. The van der Waals surface area contributed by atoms with E-state index in [2.05, 4.69) is 43.1 Å². The van der Waals surface area contributed by atoms with Crippen LogP contribution in [0.5, 0.6) is 0 Å². The van der Waals surface area contributed by atoms with Crippen molar-refractivity contribution in [2.24, 2.45) is 29.1 Å². The van der Waals surface area contributed by atoms with E-state index in [9.17, 15) is 14.7 Å². The van der Waals surface area contributed by atoms with E-state index in [1.165, 1.54) is 6.92 Å². The fourth-order valence-corrected chi connectivity index (χ4v) is 6.54. The molecule has 2 aliphatic carbocycles. The molecule has 1 aliphatic heterocycles. The van der Waals surface area contributed by atoms with Crippen molar-refractivity contribution < 1.29 is 19.4 Å². The summed E-state index contributed by atoms with van der Waals surface area (Å²) in [5.74, 6) is -1.30. The van der Waals surface area contributed by atoms with E-state index in [-0.39, 0.29) is 23.8 Å². The second-order valence-corrected chi connectivity index (χ2v) is 10.5. The van der Waals surface area contributed by atoms with Crippen molar-refractivity contribution in [3.8, 4) is 0 Å². The number of aliphatic hydroxyl groups is 1. The molecule has 5 nitrogen and oxygen atoms in total. The molecule has 0 aromatic heterocycles. The minimum atomic E-state index is -1.16. The van der Waals surface area contributed by atoms with Gasteiger partial charge in [0.1, 0.15) is 11.5 Å². The number of nitrogens with one attached hydrogen (secondary N) is 1. The summed E-state index contributed by atoms with van der Waals surface area (Å²) >= 11 is 0. The average molecular weight is 476 g/mol. The summed E-state index contributed by atoms with van der Waals surface area (Å²) < 4.78 is 5.93. The SMILES string of the molecule is C=C1[C@@H](C)[C@H]2[C@H](Cc3ccccc3)NC(=O)[C@]23[C@@H](OC(C)=O)/C=C/C(C)=C[C@@H](C)C/C=C/[C@H]3[C@@H]1O. The Balaban J connectivity index is 1.92. The number of benzene rings is 1. The highest BCUT2D eigenvalue weighted by molar-refractivity contribution is 5.89. The molecular formula is C30H37NO4. The van der Waals surface area contributed by atoms with Crippen LogP contribution in [0.25, 0.3) is 0 Å². The zero-order valence-electron chi connectivity index (χ0n) is 21.1. The Morgan fingerprint density at radius 1 is 1.23 bits per heavy atom. The lowest BCUT2D eigenvalue weighted by atomic mass is 9.51. The predicted molar refractivity (Wildman–Crippen MR) is 137 cm³/mol. The molecule has 1 spiro atoms. The molecule has 1 heterocycles. The van der Waals surface area contributed by atoms with E-state index in [1.807, 2.05) is 50.3 Å². The molecule has 35 heavy (non-hydrogen) atoms. The van der Waals surface area contributed by atoms with Crippen LogP contribution in [0.2, 0.25) is 0 Å². The number of amides is 1. The fraction of sp³-hybridized carbons (Fsp3) is 0.467. The molecule has 3 aliphatic rings. The molecule has 186 valence electrons. The lowest BCUT2D eigenvalue weighted by Crippen LogP contribution is -2.60. The Labute approximate surface area is 208 Å². The van der Waals surface area contributed by atoms with Gasteiger partial charge in [0.15, 0.2) is 0 Å². The molecule has 1 amide bonds. The van der Waals surface area contributed by atoms with Gasteiger partial charge in [0.05, 0.1) is 6.10 Å². The van der Waals surface area contributed by atoms with E-state index >= 15 is 0 Å². The van der Waals surface area contributed by atoms with Crippen molar-refractivity contribution in [3.63, 3.8) is 0 Å². The quantitative estimate of drug-likeness (QED) is 0.497. The predicted octanol–water partition coefficient (Wildman–Crippen LogP) is 4.54. The molecule has 1 aromatic carbocycles. The Morgan fingerprint density at radius 2 is 1.94 bits per heavy atom. The molecular weight excluding hydrogens is 438 g/mol. The fourth-order valence-electron chi connectivity index (χ4n) is 6.54. The second-order valence-electron chi connectivity index (χ2n) is 10.5. The zero-order chi connectivity index (χ0) is 25.3. The van der Waals surface area contributed by atoms with Crippen LogP contribution in [-0.2, 0) is 20.7 Å². The van der Waals surface area contributed by atoms with E-state index in [4.69, 9.17) is 4.74 Å². The first kappa shape index (κ1) is 25.2. The van der Waals surface area contributed by atoms with Crippen molar-refractivity contribution in [2.45, 2.75) is 58.8 Å². The highest BCUT2D eigenvalue weighted by Crippen LogP contribution is 2.58. The van der Waals surface area contributed by atoms with E-state index in [1.54, 1.807) is 0 Å². The molecule has 0 bridgehead atoms. The van der Waals surface area contributed by atoms with E-state index in [0.717, 1.165) is 23.1 Å². The summed E-state index contributed by atoms with van der Waals surface area (Å²) in [5, 5.41) is 14.8. The van der Waals surface area contributed by atoms with Crippen molar-refractivity contribution in [2.75, 3.05) is 0 Å². The van der Waals surface area contributed by atoms with Crippen LogP contribution >= 0.6 is 0 Å². The number of rotatable bonds is 3. The average Bonchev–Trinajstić information content (AvgIpc) is 3.08. The van der Waals surface area contributed by atoms with E-state index in [0.29, 0.717) is 12.3 Å². The summed E-state index contributed by atoms with van der Waals surface area (Å²) in [6.07, 6.45) is 9.65. The first-order valence-corrected chi connectivity index (χ1v) is 12.6. The second kappa shape index (κ2) is 9.98. The molecule has 0 radical (unpaired) electrons. The first-order valence-electron chi connectivity index (χ1n) is 12.6. The Hall–Kier alpha value is -2.92. The van der Waals surface area contributed by atoms with Gasteiger partial charge >= 0.3 is 5.97 Å². The normalized spacial score (nSPS) is 38.8. The maximum absolute atomic E-state index is 14.1. The van der Waals surface area contributed by atoms with Crippen molar-refractivity contribution >= 4 is 11.9 Å². The van der Waals surface area contributed by atoms with Crippen molar-refractivity contribution in [3.05, 3.63) is 84.0 Å². The van der Waals surface area contributed by atoms with Gasteiger partial charge in [-0.25, -0.2) is 0 Å². The highest BCUT2D eigenvalue weighted by Gasteiger charge is 2.68. The van der Waals surface area contributed by atoms with Gasteiger partial charge in [0.2, 0.25) is 5.91 Å². The lowest BCUT2D eigenvalue weighted by Gasteiger charge is -2.52. The number of allylic oxidation sites excluding steroid dienone is 4. The maximum Gasteiger partial charge on any atom is 0.303 e. The monoisotopic (exact) mass is 475 g/mol. The van der Waals surface area contributed by atoms with Crippen LogP contribution in [-0.4, -0.2) is 35.2 Å². The van der Waals surface area contributed by atoms with Gasteiger partial charge in [-0.1, -0.05) is 80.6 Å². The van der Waals surface area contributed by atoms with Gasteiger partial charge in [-0.2, -0.15) is 0 Å². The summed E-state index contributed by atoms with van der Waals surface area (Å²) in [6.45, 7) is 11.8. The van der Waals surface area contributed by atoms with Gasteiger partial charge in [0, 0.05) is 24.8 Å². The van der Waals surface area contributed by atoms with Crippen LogP contribution < -0.4 is 5.32 Å². The molecule has 1 saturated heterocycles. The molecule has 5 heteroatoms. The Bertz CT molecular complexity index is 1070. The number of hydrogen-bond donors (Lipinski definition) is 2. The molecule has 4 rings (SSSR count). The number of esters is 1. The molecule has 1 saturated carbocycles. The topological polar surface area (TPSA) is 75.6 Å². The van der Waals surface area contributed by atoms with Crippen LogP contribution in [0.1, 0.15) is 39.7 Å². The smallest absolute Gasteiger partial charge is 0.303 e. The number of ether oxygens (including phenoxy) is 1. The van der Waals surface area contributed by atoms with Crippen molar-refractivity contribution in [1.29, 1.82) is 0 Å². The van der Waals surface area contributed by atoms with Crippen LogP contribution in [0.4, 0.5) is 0 Å². The van der Waals surface area contributed by atoms with Crippen LogP contribution in [0.15, 0.2) is 78.4 Å². The molecule has 2 N–H and O–H groups in total. The van der Waals surface area contributed by atoms with E-state index < -0.39 is 29.5 Å². The third-order valence-corrected chi connectivity index (χ3v) is 8.08. The third kappa shape index (κ3) is 4.54. The summed E-state index contributed by atoms with van der Waals surface area (Å²) in [4.78, 5) is 26.5. The van der Waals surface area contributed by atoms with Gasteiger partial charge < -0.3 is 15.2 Å². The minimum Gasteiger partial charge on any atom is -0.457 e. The highest BCUT2D eigenvalue weighted by atomic mass is 16.5. The Morgan fingerprint density at radius 3 is 2.63 bits per heavy atom. The van der Waals surface area contributed by atoms with Gasteiger partial charge in [0.25, 0.3) is 0 Å². The Kier molecular flexibility index (Phi) is 7.18. The van der Waals surface area contributed by atoms with Crippen LogP contribution in [0.3, 0.4) is 0 Å². The minimum absolute atomic E-state index is 0.158. The third-order valence-electron chi connectivity index (χ3n) is 8.08. The van der Waals surface area contributed by atoms with Gasteiger partial charge in [-0.15, -0.1) is 0 Å². The van der Waals surface area contributed by atoms with Gasteiger partial charge in [-0.3, -0.25) is 9.59 Å². The molecule has 8 atom stereocenters. The van der Waals surface area contributed by atoms with Gasteiger partial charge in [-0.05, 0) is 48.8 Å². The molecule has 1 aromatic rings. The summed E-state index contributed by atoms with van der Waals surface area (Å²) in [5.41, 5.74) is 1.72. The lowest BCUT2D eigenvalue weighted by molar-refractivity contribution is -0.166. The number of carbonyl (C=O) groups is 2. The standard InChI is InChI=1S/C30H37NO4/c1-18-10-9-13-24-28(33)21(4)20(3)27-25(17-23-11-7-6-8-12-23)31-29(34)30(24,27)26(35-22(5)32)15-14-19(2)16-18/h6-9,11-16,18,20,24-28,33H,4,10,17H2,1-3,5H3,(H,31,34)/b13-9+,15-14+,19-16?/t18-,20+,24-,25-,26-,27-,28+,30+/m0/s1. The summed E-state index contributed by atoms with van der Waals surface area (Å²) in [6, 6.07) is 9.89. The maximum atomic E-state index is 14.1. The van der Waals surface area contributed by atoms with Crippen LogP contribution in [0, 0.1) is 29.1 Å². The molecule has 2 fully saturated rings. The van der Waals surface area contributed by atoms with Crippen molar-refractivity contribution in [1.82, 2.24) is 5.32 Å². The number of hydrogen-bond acceptors (Lipinski definition) is 4. The largest absolute Gasteiger partial charge is 0.457 e. The number of aliphatic hydroxyl groups excluding tert-OH is 1. The number of carbonyl (C=O) groups excluding carboxylic acids is 2.